The Labute approximate surface area is 156 Å². The maximum Gasteiger partial charge on any atom is 0.404 e. The molecule has 140 valence electrons. The van der Waals surface area contributed by atoms with E-state index in [0.717, 1.165) is 13.1 Å². The summed E-state index contributed by atoms with van der Waals surface area (Å²) in [6.45, 7) is 2.59. The largest absolute Gasteiger partial charge is 0.465 e. The second-order valence-electron chi connectivity index (χ2n) is 6.21. The number of benzene rings is 1. The van der Waals surface area contributed by atoms with Gasteiger partial charge in [-0.25, -0.2) is 9.18 Å². The van der Waals surface area contributed by atoms with Crippen LogP contribution < -0.4 is 15.8 Å². The molecule has 0 unspecified atom stereocenters. The first-order valence-electron chi connectivity index (χ1n) is 8.36. The van der Waals surface area contributed by atoms with E-state index in [0.29, 0.717) is 36.0 Å². The summed E-state index contributed by atoms with van der Waals surface area (Å²) >= 11 is 0. The van der Waals surface area contributed by atoms with Gasteiger partial charge in [-0.1, -0.05) is 11.8 Å². The van der Waals surface area contributed by atoms with Crippen LogP contribution in [0.5, 0.6) is 11.5 Å². The highest BCUT2D eigenvalue weighted by Crippen LogP contribution is 2.27. The molecule has 1 aliphatic rings. The third-order valence-corrected chi connectivity index (χ3v) is 4.06. The van der Waals surface area contributed by atoms with Crippen molar-refractivity contribution in [2.75, 3.05) is 31.9 Å². The highest BCUT2D eigenvalue weighted by Gasteiger charge is 2.25. The number of hydrogen-bond acceptors (Lipinski definition) is 5. The van der Waals surface area contributed by atoms with E-state index in [9.17, 15) is 9.18 Å². The Morgan fingerprint density at radius 3 is 2.96 bits per heavy atom. The molecule has 2 aromatic rings. The standard InChI is InChI=1S/C19H19FN4O3/c20-16-8-15(21)3-4-18(16)27-17-5-6-22-10-14(17)2-1-7-24-11-13(12-24)9-23-19(25)26/h3-6,8,10,13,23H,7,9,11-12,21H2,(H,25,26). The van der Waals surface area contributed by atoms with Gasteiger partial charge in [-0.3, -0.25) is 9.88 Å². The molecule has 0 radical (unpaired) electrons. The molecule has 1 aliphatic heterocycles. The van der Waals surface area contributed by atoms with Crippen molar-refractivity contribution in [2.24, 2.45) is 5.92 Å². The van der Waals surface area contributed by atoms with Gasteiger partial charge in [0, 0.05) is 55.8 Å². The summed E-state index contributed by atoms with van der Waals surface area (Å²) in [5.41, 5.74) is 6.42. The molecule has 1 saturated heterocycles. The Kier molecular flexibility index (Phi) is 5.74. The summed E-state index contributed by atoms with van der Waals surface area (Å²) in [5, 5.41) is 11.0. The molecule has 1 aromatic carbocycles. The Balaban J connectivity index is 1.58. The summed E-state index contributed by atoms with van der Waals surface area (Å²) in [4.78, 5) is 16.6. The number of halogens is 1. The zero-order valence-electron chi connectivity index (χ0n) is 14.5. The third kappa shape index (κ3) is 5.09. The first kappa shape index (κ1) is 18.5. The molecular formula is C19H19FN4O3. The van der Waals surface area contributed by atoms with E-state index in [1.54, 1.807) is 24.5 Å². The fourth-order valence-corrected chi connectivity index (χ4v) is 2.70. The van der Waals surface area contributed by atoms with Crippen LogP contribution in [0.15, 0.2) is 36.7 Å². The van der Waals surface area contributed by atoms with Gasteiger partial charge in [0.15, 0.2) is 11.6 Å². The molecule has 8 heteroatoms. The smallest absolute Gasteiger partial charge is 0.404 e. The van der Waals surface area contributed by atoms with Crippen LogP contribution in [-0.4, -0.2) is 47.3 Å². The van der Waals surface area contributed by atoms with Crippen LogP contribution >= 0.6 is 0 Å². The Morgan fingerprint density at radius 1 is 1.41 bits per heavy atom. The number of nitrogen functional groups attached to an aromatic ring is 1. The number of carboxylic acid groups (broad SMARTS) is 1. The number of nitrogens with zero attached hydrogens (tertiary/aromatic N) is 2. The van der Waals surface area contributed by atoms with Crippen molar-refractivity contribution < 1.29 is 19.0 Å². The third-order valence-electron chi connectivity index (χ3n) is 4.06. The highest BCUT2D eigenvalue weighted by molar-refractivity contribution is 5.64. The normalized spacial score (nSPS) is 14.0. The van der Waals surface area contributed by atoms with Crippen LogP contribution in [0, 0.1) is 23.6 Å². The molecule has 0 spiro atoms. The van der Waals surface area contributed by atoms with Crippen molar-refractivity contribution in [3.8, 4) is 23.3 Å². The summed E-state index contributed by atoms with van der Waals surface area (Å²) in [7, 11) is 0. The van der Waals surface area contributed by atoms with Gasteiger partial charge in [-0.15, -0.1) is 0 Å². The number of rotatable bonds is 5. The number of hydrogen-bond donors (Lipinski definition) is 3. The topological polar surface area (TPSA) is 101 Å². The molecule has 27 heavy (non-hydrogen) atoms. The lowest BCUT2D eigenvalue weighted by atomic mass is 10.0. The summed E-state index contributed by atoms with van der Waals surface area (Å²) < 4.78 is 19.5. The molecule has 1 fully saturated rings. The van der Waals surface area contributed by atoms with Crippen LogP contribution in [-0.2, 0) is 0 Å². The van der Waals surface area contributed by atoms with E-state index >= 15 is 0 Å². The number of amides is 1. The summed E-state index contributed by atoms with van der Waals surface area (Å²) in [6, 6.07) is 5.84. The maximum atomic E-state index is 13.9. The minimum absolute atomic E-state index is 0.0648. The van der Waals surface area contributed by atoms with Crippen LogP contribution in [0.3, 0.4) is 0 Å². The fourth-order valence-electron chi connectivity index (χ4n) is 2.70. The summed E-state index contributed by atoms with van der Waals surface area (Å²) in [5.74, 6) is 6.28. The quantitative estimate of drug-likeness (QED) is 0.551. The van der Waals surface area contributed by atoms with Gasteiger partial charge >= 0.3 is 6.09 Å². The lowest BCUT2D eigenvalue weighted by molar-refractivity contribution is 0.114. The molecule has 3 rings (SSSR count). The average molecular weight is 370 g/mol. The lowest BCUT2D eigenvalue weighted by Gasteiger charge is -2.37. The van der Waals surface area contributed by atoms with Crippen LogP contribution in [0.4, 0.5) is 14.9 Å². The highest BCUT2D eigenvalue weighted by atomic mass is 19.1. The number of nitrogens with one attached hydrogen (secondary N) is 1. The number of carbonyl (C=O) groups is 1. The average Bonchev–Trinajstić information content (AvgIpc) is 2.59. The lowest BCUT2D eigenvalue weighted by Crippen LogP contribution is -2.51. The zero-order chi connectivity index (χ0) is 19.2. The molecule has 1 amide bonds. The van der Waals surface area contributed by atoms with E-state index in [2.05, 4.69) is 27.0 Å². The van der Waals surface area contributed by atoms with Gasteiger partial charge in [0.2, 0.25) is 0 Å². The van der Waals surface area contributed by atoms with Crippen molar-refractivity contribution >= 4 is 11.8 Å². The molecule has 1 aromatic heterocycles. The van der Waals surface area contributed by atoms with E-state index < -0.39 is 11.9 Å². The van der Waals surface area contributed by atoms with Gasteiger partial charge in [-0.05, 0) is 12.1 Å². The molecule has 7 nitrogen and oxygen atoms in total. The monoisotopic (exact) mass is 370 g/mol. The number of likely N-dealkylation sites (tertiary alicyclic amines) is 1. The minimum Gasteiger partial charge on any atom is -0.465 e. The maximum absolute atomic E-state index is 13.9. The number of ether oxygens (including phenoxy) is 1. The SMILES string of the molecule is Nc1ccc(Oc2ccncc2C#CCN2CC(CNC(=O)O)C2)c(F)c1. The predicted octanol–water partition coefficient (Wildman–Crippen LogP) is 2.15. The van der Waals surface area contributed by atoms with E-state index in [-0.39, 0.29) is 5.75 Å². The van der Waals surface area contributed by atoms with Crippen LogP contribution in [0.1, 0.15) is 5.56 Å². The molecule has 0 aliphatic carbocycles. The van der Waals surface area contributed by atoms with Crippen molar-refractivity contribution in [1.29, 1.82) is 0 Å². The van der Waals surface area contributed by atoms with Crippen molar-refractivity contribution in [3.63, 3.8) is 0 Å². The summed E-state index contributed by atoms with van der Waals surface area (Å²) in [6.07, 6.45) is 2.10. The van der Waals surface area contributed by atoms with Gasteiger partial charge < -0.3 is 20.9 Å². The second-order valence-corrected chi connectivity index (χ2v) is 6.21. The van der Waals surface area contributed by atoms with E-state index in [4.69, 9.17) is 15.6 Å². The van der Waals surface area contributed by atoms with Crippen LogP contribution in [0.25, 0.3) is 0 Å². The molecular weight excluding hydrogens is 351 g/mol. The first-order valence-corrected chi connectivity index (χ1v) is 8.36. The number of nitrogens with two attached hydrogens (primary N) is 1. The molecule has 0 atom stereocenters. The fraction of sp³-hybridized carbons (Fsp3) is 0.263. The van der Waals surface area contributed by atoms with E-state index in [1.807, 2.05) is 0 Å². The second kappa shape index (κ2) is 8.38. The van der Waals surface area contributed by atoms with Crippen LogP contribution in [0.2, 0.25) is 0 Å². The number of pyridine rings is 1. The number of aromatic nitrogens is 1. The number of anilines is 1. The minimum atomic E-state index is -1.00. The molecule has 2 heterocycles. The van der Waals surface area contributed by atoms with Gasteiger partial charge in [0.05, 0.1) is 12.1 Å². The molecule has 0 bridgehead atoms. The predicted molar refractivity (Wildman–Crippen MR) is 98.0 cm³/mol. The Bertz CT molecular complexity index is 888. The van der Waals surface area contributed by atoms with Crippen molar-refractivity contribution in [1.82, 2.24) is 15.2 Å². The first-order chi connectivity index (χ1) is 13.0. The van der Waals surface area contributed by atoms with Gasteiger partial charge in [-0.2, -0.15) is 0 Å². The van der Waals surface area contributed by atoms with Crippen molar-refractivity contribution in [2.45, 2.75) is 0 Å². The van der Waals surface area contributed by atoms with Gasteiger partial charge in [0.1, 0.15) is 5.75 Å². The van der Waals surface area contributed by atoms with E-state index in [1.165, 1.54) is 12.1 Å². The zero-order valence-corrected chi connectivity index (χ0v) is 14.5. The Morgan fingerprint density at radius 2 is 2.22 bits per heavy atom. The molecule has 0 saturated carbocycles. The van der Waals surface area contributed by atoms with Crippen molar-refractivity contribution in [3.05, 3.63) is 48.0 Å². The Hall–Kier alpha value is -3.31. The molecule has 4 N–H and O–H groups in total. The van der Waals surface area contributed by atoms with Gasteiger partial charge in [0.25, 0.3) is 0 Å².